The number of hydrogen-bond donors (Lipinski definition) is 1. The standard InChI is InChI=1S/C21H21N3O2/c25-15-20-19-5-4-18(12-17(19)3-6-21(20)26)24-10-8-23(9-11-24)14-16-2-1-7-22-13-16/h1-7,12-13,15,26H,8-11,14H2. The number of phenolic OH excluding ortho intramolecular Hbond substituents is 1. The van der Waals surface area contributed by atoms with E-state index in [-0.39, 0.29) is 5.75 Å². The molecule has 0 amide bonds. The molecule has 2 heterocycles. The van der Waals surface area contributed by atoms with Gasteiger partial charge in [-0.05, 0) is 40.6 Å². The van der Waals surface area contributed by atoms with E-state index in [0.29, 0.717) is 11.8 Å². The molecule has 3 aromatic rings. The van der Waals surface area contributed by atoms with Gasteiger partial charge in [0.15, 0.2) is 6.29 Å². The number of piperazine rings is 1. The van der Waals surface area contributed by atoms with Crippen molar-refractivity contribution in [3.8, 4) is 5.75 Å². The summed E-state index contributed by atoms with van der Waals surface area (Å²) < 4.78 is 0. The predicted molar refractivity (Wildman–Crippen MR) is 103 cm³/mol. The fourth-order valence-corrected chi connectivity index (χ4v) is 3.56. The molecule has 1 aromatic heterocycles. The Kier molecular flexibility index (Phi) is 4.54. The predicted octanol–water partition coefficient (Wildman–Crippen LogP) is 3.08. The van der Waals surface area contributed by atoms with Crippen LogP contribution in [0, 0.1) is 0 Å². The summed E-state index contributed by atoms with van der Waals surface area (Å²) in [5.74, 6) is 0.0317. The van der Waals surface area contributed by atoms with Crippen molar-refractivity contribution in [2.45, 2.75) is 6.54 Å². The number of aldehydes is 1. The molecule has 1 fully saturated rings. The fourth-order valence-electron chi connectivity index (χ4n) is 3.56. The monoisotopic (exact) mass is 347 g/mol. The van der Waals surface area contributed by atoms with E-state index >= 15 is 0 Å². The number of hydrogen-bond acceptors (Lipinski definition) is 5. The Hall–Kier alpha value is -2.92. The van der Waals surface area contributed by atoms with Gasteiger partial charge in [0.1, 0.15) is 5.75 Å². The van der Waals surface area contributed by atoms with Crippen molar-refractivity contribution >= 4 is 22.7 Å². The maximum Gasteiger partial charge on any atom is 0.154 e. The van der Waals surface area contributed by atoms with Crippen LogP contribution < -0.4 is 4.90 Å². The number of fused-ring (bicyclic) bond motifs is 1. The summed E-state index contributed by atoms with van der Waals surface area (Å²) in [5.41, 5.74) is 2.75. The molecule has 1 N–H and O–H groups in total. The van der Waals surface area contributed by atoms with Gasteiger partial charge in [0.2, 0.25) is 0 Å². The summed E-state index contributed by atoms with van der Waals surface area (Å²) in [6.45, 7) is 4.86. The van der Waals surface area contributed by atoms with Gasteiger partial charge < -0.3 is 10.0 Å². The van der Waals surface area contributed by atoms with Crippen LogP contribution in [-0.2, 0) is 6.54 Å². The molecule has 1 aliphatic heterocycles. The molecule has 0 atom stereocenters. The number of benzene rings is 2. The molecule has 1 saturated heterocycles. The lowest BCUT2D eigenvalue weighted by Crippen LogP contribution is -2.45. The summed E-state index contributed by atoms with van der Waals surface area (Å²) in [6.07, 6.45) is 4.45. The van der Waals surface area contributed by atoms with Crippen LogP contribution in [0.4, 0.5) is 5.69 Å². The van der Waals surface area contributed by atoms with Crippen LogP contribution in [0.3, 0.4) is 0 Å². The molecule has 0 saturated carbocycles. The number of aromatic hydroxyl groups is 1. The van der Waals surface area contributed by atoms with E-state index in [1.54, 1.807) is 12.3 Å². The molecular weight excluding hydrogens is 326 g/mol. The van der Waals surface area contributed by atoms with Gasteiger partial charge in [0.05, 0.1) is 5.56 Å². The maximum absolute atomic E-state index is 11.2. The Labute approximate surface area is 152 Å². The lowest BCUT2D eigenvalue weighted by molar-refractivity contribution is 0.112. The zero-order valence-electron chi connectivity index (χ0n) is 14.5. The third-order valence-corrected chi connectivity index (χ3v) is 5.01. The zero-order valence-corrected chi connectivity index (χ0v) is 14.5. The van der Waals surface area contributed by atoms with Gasteiger partial charge in [0.25, 0.3) is 0 Å². The lowest BCUT2D eigenvalue weighted by atomic mass is 10.0. The second-order valence-electron chi connectivity index (χ2n) is 6.65. The van der Waals surface area contributed by atoms with Gasteiger partial charge in [0, 0.05) is 50.8 Å². The summed E-state index contributed by atoms with van der Waals surface area (Å²) in [6, 6.07) is 13.6. The Morgan fingerprint density at radius 1 is 1.08 bits per heavy atom. The highest BCUT2D eigenvalue weighted by Gasteiger charge is 2.18. The first-order valence-electron chi connectivity index (χ1n) is 8.82. The van der Waals surface area contributed by atoms with E-state index in [2.05, 4.69) is 26.9 Å². The van der Waals surface area contributed by atoms with Gasteiger partial charge in [-0.2, -0.15) is 0 Å². The van der Waals surface area contributed by atoms with Gasteiger partial charge in [-0.3, -0.25) is 14.7 Å². The number of phenols is 1. The largest absolute Gasteiger partial charge is 0.507 e. The van der Waals surface area contributed by atoms with E-state index < -0.39 is 0 Å². The van der Waals surface area contributed by atoms with Crippen LogP contribution >= 0.6 is 0 Å². The van der Waals surface area contributed by atoms with E-state index in [4.69, 9.17) is 0 Å². The van der Waals surface area contributed by atoms with Crippen molar-refractivity contribution in [1.82, 2.24) is 9.88 Å². The number of carbonyl (C=O) groups excluding carboxylic acids is 1. The lowest BCUT2D eigenvalue weighted by Gasteiger charge is -2.36. The average Bonchev–Trinajstić information content (AvgIpc) is 2.69. The first-order valence-corrected chi connectivity index (χ1v) is 8.82. The maximum atomic E-state index is 11.2. The minimum atomic E-state index is 0.0317. The fraction of sp³-hybridized carbons (Fsp3) is 0.238. The molecule has 0 radical (unpaired) electrons. The first-order chi connectivity index (χ1) is 12.7. The van der Waals surface area contributed by atoms with Crippen molar-refractivity contribution in [3.63, 3.8) is 0 Å². The van der Waals surface area contributed by atoms with E-state index in [1.165, 1.54) is 5.56 Å². The number of pyridine rings is 1. The van der Waals surface area contributed by atoms with E-state index in [1.807, 2.05) is 30.5 Å². The molecule has 0 unspecified atom stereocenters. The summed E-state index contributed by atoms with van der Waals surface area (Å²) >= 11 is 0. The minimum absolute atomic E-state index is 0.0317. The van der Waals surface area contributed by atoms with Gasteiger partial charge in [-0.1, -0.05) is 18.2 Å². The molecule has 26 heavy (non-hydrogen) atoms. The SMILES string of the molecule is O=Cc1c(O)ccc2cc(N3CCN(Cc4cccnc4)CC3)ccc12. The van der Waals surface area contributed by atoms with E-state index in [0.717, 1.165) is 49.2 Å². The second-order valence-corrected chi connectivity index (χ2v) is 6.65. The van der Waals surface area contributed by atoms with Crippen molar-refractivity contribution in [3.05, 3.63) is 66.0 Å². The first kappa shape index (κ1) is 16.5. The van der Waals surface area contributed by atoms with Crippen LogP contribution in [0.2, 0.25) is 0 Å². The molecule has 0 aliphatic carbocycles. The molecule has 0 bridgehead atoms. The van der Waals surface area contributed by atoms with Gasteiger partial charge >= 0.3 is 0 Å². The third-order valence-electron chi connectivity index (χ3n) is 5.01. The molecule has 4 rings (SSSR count). The number of carbonyl (C=O) groups is 1. The van der Waals surface area contributed by atoms with Crippen LogP contribution in [0.25, 0.3) is 10.8 Å². The molecule has 132 valence electrons. The molecule has 5 nitrogen and oxygen atoms in total. The number of rotatable bonds is 4. The normalized spacial score (nSPS) is 15.3. The molecule has 5 heteroatoms. The Bertz CT molecular complexity index is 919. The van der Waals surface area contributed by atoms with Crippen LogP contribution in [-0.4, -0.2) is 47.5 Å². The third kappa shape index (κ3) is 3.26. The Balaban J connectivity index is 1.47. The quantitative estimate of drug-likeness (QED) is 0.735. The molecular formula is C21H21N3O2. The number of aromatic nitrogens is 1. The highest BCUT2D eigenvalue weighted by Crippen LogP contribution is 2.29. The Morgan fingerprint density at radius 3 is 2.65 bits per heavy atom. The second kappa shape index (κ2) is 7.14. The zero-order chi connectivity index (χ0) is 17.9. The average molecular weight is 347 g/mol. The number of nitrogens with zero attached hydrogens (tertiary/aromatic N) is 3. The van der Waals surface area contributed by atoms with Crippen LogP contribution in [0.1, 0.15) is 15.9 Å². The van der Waals surface area contributed by atoms with Crippen molar-refractivity contribution in [1.29, 1.82) is 0 Å². The minimum Gasteiger partial charge on any atom is -0.507 e. The van der Waals surface area contributed by atoms with E-state index in [9.17, 15) is 9.90 Å². The Morgan fingerprint density at radius 2 is 1.92 bits per heavy atom. The van der Waals surface area contributed by atoms with Crippen molar-refractivity contribution in [2.24, 2.45) is 0 Å². The summed E-state index contributed by atoms with van der Waals surface area (Å²) in [4.78, 5) is 20.2. The van der Waals surface area contributed by atoms with Crippen molar-refractivity contribution < 1.29 is 9.90 Å². The highest BCUT2D eigenvalue weighted by atomic mass is 16.3. The summed E-state index contributed by atoms with van der Waals surface area (Å²) in [7, 11) is 0. The van der Waals surface area contributed by atoms with Gasteiger partial charge in [-0.25, -0.2) is 0 Å². The van der Waals surface area contributed by atoms with Gasteiger partial charge in [-0.15, -0.1) is 0 Å². The molecule has 0 spiro atoms. The van der Waals surface area contributed by atoms with Crippen molar-refractivity contribution in [2.75, 3.05) is 31.1 Å². The van der Waals surface area contributed by atoms with Crippen LogP contribution in [0.5, 0.6) is 5.75 Å². The van der Waals surface area contributed by atoms with Crippen LogP contribution in [0.15, 0.2) is 54.9 Å². The highest BCUT2D eigenvalue weighted by molar-refractivity contribution is 6.01. The number of anilines is 1. The summed E-state index contributed by atoms with van der Waals surface area (Å²) in [5, 5.41) is 11.6. The molecule has 2 aromatic carbocycles. The smallest absolute Gasteiger partial charge is 0.154 e. The molecule has 1 aliphatic rings. The topological polar surface area (TPSA) is 56.7 Å².